The van der Waals surface area contributed by atoms with Gasteiger partial charge in [0.05, 0.1) is 18.8 Å². The van der Waals surface area contributed by atoms with Gasteiger partial charge in [-0.25, -0.2) is 0 Å². The molecule has 1 aromatic rings. The fourth-order valence-corrected chi connectivity index (χ4v) is 1.79. The van der Waals surface area contributed by atoms with Crippen LogP contribution >= 0.6 is 11.6 Å². The minimum atomic E-state index is -4.56. The topological polar surface area (TPSA) is 49.7 Å². The first-order valence-electron chi connectivity index (χ1n) is 5.48. The lowest BCUT2D eigenvalue weighted by Crippen LogP contribution is -2.19. The van der Waals surface area contributed by atoms with E-state index in [4.69, 9.17) is 16.3 Å². The van der Waals surface area contributed by atoms with Gasteiger partial charge in [0.25, 0.3) is 0 Å². The highest BCUT2D eigenvalue weighted by molar-refractivity contribution is 6.17. The van der Waals surface area contributed by atoms with Crippen molar-refractivity contribution in [3.63, 3.8) is 0 Å². The Morgan fingerprint density at radius 1 is 1.26 bits per heavy atom. The Labute approximate surface area is 113 Å². The summed E-state index contributed by atoms with van der Waals surface area (Å²) in [6.45, 7) is 0. The Morgan fingerprint density at radius 2 is 1.89 bits per heavy atom. The summed E-state index contributed by atoms with van der Waals surface area (Å²) in [6, 6.07) is 2.85. The maximum Gasteiger partial charge on any atom is 0.416 e. The molecule has 0 spiro atoms. The fourth-order valence-electron chi connectivity index (χ4n) is 1.57. The van der Waals surface area contributed by atoms with Crippen LogP contribution in [0.2, 0.25) is 0 Å². The number of halogens is 4. The first-order chi connectivity index (χ1) is 8.79. The Hall–Kier alpha value is -0.980. The maximum atomic E-state index is 12.7. The molecule has 0 bridgehead atoms. The number of hydrogen-bond acceptors (Lipinski definition) is 3. The number of benzene rings is 1. The van der Waals surface area contributed by atoms with Gasteiger partial charge in [0.15, 0.2) is 0 Å². The SMILES string of the molecule is COc1cc(C(O)C(O)CCCl)cc(C(F)(F)F)c1. The van der Waals surface area contributed by atoms with E-state index in [9.17, 15) is 23.4 Å². The summed E-state index contributed by atoms with van der Waals surface area (Å²) in [5.41, 5.74) is -1.01. The normalized spacial score (nSPS) is 15.1. The fraction of sp³-hybridized carbons (Fsp3) is 0.500. The molecule has 0 aliphatic carbocycles. The van der Waals surface area contributed by atoms with E-state index in [-0.39, 0.29) is 23.6 Å². The second-order valence-corrected chi connectivity index (χ2v) is 4.36. The van der Waals surface area contributed by atoms with Crippen molar-refractivity contribution in [1.82, 2.24) is 0 Å². The lowest BCUT2D eigenvalue weighted by molar-refractivity contribution is -0.137. The lowest BCUT2D eigenvalue weighted by atomic mass is 10.00. The van der Waals surface area contributed by atoms with Crippen molar-refractivity contribution >= 4 is 11.6 Å². The molecule has 0 radical (unpaired) electrons. The highest BCUT2D eigenvalue weighted by Crippen LogP contribution is 2.34. The van der Waals surface area contributed by atoms with Crippen LogP contribution < -0.4 is 4.74 Å². The van der Waals surface area contributed by atoms with Crippen LogP contribution in [-0.2, 0) is 6.18 Å². The molecule has 3 nitrogen and oxygen atoms in total. The molecule has 1 aromatic carbocycles. The summed E-state index contributed by atoms with van der Waals surface area (Å²) in [6.07, 6.45) is -7.16. The number of hydrogen-bond donors (Lipinski definition) is 2. The van der Waals surface area contributed by atoms with E-state index < -0.39 is 23.9 Å². The third-order valence-electron chi connectivity index (χ3n) is 2.60. The molecule has 2 N–H and O–H groups in total. The van der Waals surface area contributed by atoms with E-state index in [0.29, 0.717) is 0 Å². The Kier molecular flexibility index (Phi) is 5.46. The molecule has 0 aliphatic rings. The van der Waals surface area contributed by atoms with Gasteiger partial charge in [0, 0.05) is 5.88 Å². The van der Waals surface area contributed by atoms with Gasteiger partial charge < -0.3 is 14.9 Å². The summed E-state index contributed by atoms with van der Waals surface area (Å²) >= 11 is 5.41. The van der Waals surface area contributed by atoms with Gasteiger partial charge in [0.2, 0.25) is 0 Å². The van der Waals surface area contributed by atoms with Crippen molar-refractivity contribution in [2.75, 3.05) is 13.0 Å². The molecule has 0 saturated carbocycles. The molecule has 7 heteroatoms. The van der Waals surface area contributed by atoms with E-state index in [1.54, 1.807) is 0 Å². The van der Waals surface area contributed by atoms with Crippen LogP contribution in [0.15, 0.2) is 18.2 Å². The predicted molar refractivity (Wildman–Crippen MR) is 64.3 cm³/mol. The number of alkyl halides is 4. The molecule has 0 aliphatic heterocycles. The van der Waals surface area contributed by atoms with Gasteiger partial charge in [0.1, 0.15) is 11.9 Å². The molecule has 19 heavy (non-hydrogen) atoms. The summed E-state index contributed by atoms with van der Waals surface area (Å²) < 4.78 is 42.8. The van der Waals surface area contributed by atoms with Crippen molar-refractivity contribution in [1.29, 1.82) is 0 Å². The second kappa shape index (κ2) is 6.45. The van der Waals surface area contributed by atoms with Crippen LogP contribution in [0, 0.1) is 0 Å². The van der Waals surface area contributed by atoms with Crippen LogP contribution in [0.5, 0.6) is 5.75 Å². The largest absolute Gasteiger partial charge is 0.497 e. The molecule has 0 aromatic heterocycles. The van der Waals surface area contributed by atoms with Crippen molar-refractivity contribution in [3.8, 4) is 5.75 Å². The summed E-state index contributed by atoms with van der Waals surface area (Å²) in [5, 5.41) is 19.4. The van der Waals surface area contributed by atoms with Gasteiger partial charge in [-0.05, 0) is 30.2 Å². The second-order valence-electron chi connectivity index (χ2n) is 3.98. The van der Waals surface area contributed by atoms with Gasteiger partial charge in [-0.2, -0.15) is 13.2 Å². The monoisotopic (exact) mass is 298 g/mol. The maximum absolute atomic E-state index is 12.7. The lowest BCUT2D eigenvalue weighted by Gasteiger charge is -2.19. The molecule has 0 heterocycles. The van der Waals surface area contributed by atoms with Gasteiger partial charge in [-0.15, -0.1) is 11.6 Å². The van der Waals surface area contributed by atoms with Gasteiger partial charge >= 0.3 is 6.18 Å². The van der Waals surface area contributed by atoms with Crippen LogP contribution in [0.25, 0.3) is 0 Å². The number of aliphatic hydroxyl groups excluding tert-OH is 2. The molecule has 1 rings (SSSR count). The van der Waals surface area contributed by atoms with Crippen molar-refractivity contribution < 1.29 is 28.1 Å². The van der Waals surface area contributed by atoms with Gasteiger partial charge in [-0.1, -0.05) is 0 Å². The molecule has 2 unspecified atom stereocenters. The zero-order valence-corrected chi connectivity index (χ0v) is 10.9. The molecule has 0 saturated heterocycles. The van der Waals surface area contributed by atoms with Crippen molar-refractivity contribution in [2.24, 2.45) is 0 Å². The average Bonchev–Trinajstić information content (AvgIpc) is 2.36. The number of methoxy groups -OCH3 is 1. The van der Waals surface area contributed by atoms with Gasteiger partial charge in [-0.3, -0.25) is 0 Å². The van der Waals surface area contributed by atoms with Crippen LogP contribution in [0.4, 0.5) is 13.2 Å². The third-order valence-corrected chi connectivity index (χ3v) is 2.82. The molecule has 108 valence electrons. The highest BCUT2D eigenvalue weighted by Gasteiger charge is 2.32. The van der Waals surface area contributed by atoms with E-state index in [1.165, 1.54) is 13.2 Å². The van der Waals surface area contributed by atoms with Crippen LogP contribution in [0.1, 0.15) is 23.7 Å². The summed E-state index contributed by atoms with van der Waals surface area (Å²) in [7, 11) is 1.22. The van der Waals surface area contributed by atoms with Crippen LogP contribution in [-0.4, -0.2) is 29.3 Å². The highest BCUT2D eigenvalue weighted by atomic mass is 35.5. The first kappa shape index (κ1) is 16.1. The van der Waals surface area contributed by atoms with E-state index in [0.717, 1.165) is 12.1 Å². The van der Waals surface area contributed by atoms with Crippen LogP contribution in [0.3, 0.4) is 0 Å². The number of rotatable bonds is 5. The zero-order chi connectivity index (χ0) is 14.6. The molecule has 0 amide bonds. The first-order valence-corrected chi connectivity index (χ1v) is 6.01. The molecule has 0 fully saturated rings. The zero-order valence-electron chi connectivity index (χ0n) is 10.1. The average molecular weight is 299 g/mol. The summed E-state index contributed by atoms with van der Waals surface area (Å²) in [5.74, 6) is 0.0517. The quantitative estimate of drug-likeness (QED) is 0.822. The molecular weight excluding hydrogens is 285 g/mol. The smallest absolute Gasteiger partial charge is 0.416 e. The number of ether oxygens (including phenoxy) is 1. The molecule has 2 atom stereocenters. The summed E-state index contributed by atoms with van der Waals surface area (Å²) in [4.78, 5) is 0. The van der Waals surface area contributed by atoms with E-state index in [1.807, 2.05) is 0 Å². The van der Waals surface area contributed by atoms with Crippen molar-refractivity contribution in [3.05, 3.63) is 29.3 Å². The number of aliphatic hydroxyl groups is 2. The Morgan fingerprint density at radius 3 is 2.37 bits per heavy atom. The Balaban J connectivity index is 3.13. The standard InChI is InChI=1S/C12H14ClF3O3/c1-19-9-5-7(11(18)10(17)2-3-13)4-8(6-9)12(14,15)16/h4-6,10-11,17-18H,2-3H2,1H3. The Bertz CT molecular complexity index is 423. The van der Waals surface area contributed by atoms with E-state index >= 15 is 0 Å². The minimum Gasteiger partial charge on any atom is -0.497 e. The predicted octanol–water partition coefficient (Wildman–Crippen LogP) is 2.74. The minimum absolute atomic E-state index is 0.0399. The van der Waals surface area contributed by atoms with Crippen molar-refractivity contribution in [2.45, 2.75) is 24.8 Å². The van der Waals surface area contributed by atoms with E-state index in [2.05, 4.69) is 0 Å². The third kappa shape index (κ3) is 4.26. The molecular formula is C12H14ClF3O3.